The van der Waals surface area contributed by atoms with Gasteiger partial charge in [0.05, 0.1) is 23.3 Å². The summed E-state index contributed by atoms with van der Waals surface area (Å²) in [7, 11) is 1.71. The second-order valence-corrected chi connectivity index (χ2v) is 8.10. The molecular formula is C18H16BrClN4OS. The molecule has 0 radical (unpaired) electrons. The molecule has 0 fully saturated rings. The van der Waals surface area contributed by atoms with E-state index in [0.717, 1.165) is 44.3 Å². The first-order valence-corrected chi connectivity index (χ1v) is 10.2. The van der Waals surface area contributed by atoms with Gasteiger partial charge in [-0.25, -0.2) is 9.97 Å². The summed E-state index contributed by atoms with van der Waals surface area (Å²) in [4.78, 5) is 9.42. The summed E-state index contributed by atoms with van der Waals surface area (Å²) in [5, 5.41) is 1.63. The molecule has 4 aromatic rings. The molecule has 134 valence electrons. The van der Waals surface area contributed by atoms with Crippen LogP contribution in [0.15, 0.2) is 52.4 Å². The highest BCUT2D eigenvalue weighted by Crippen LogP contribution is 2.28. The first-order valence-electron chi connectivity index (χ1n) is 8.05. The van der Waals surface area contributed by atoms with Crippen LogP contribution < -0.4 is 0 Å². The first-order chi connectivity index (χ1) is 12.6. The Labute approximate surface area is 168 Å². The molecule has 3 heterocycles. The molecule has 0 saturated carbocycles. The minimum Gasteiger partial charge on any atom is -0.383 e. The van der Waals surface area contributed by atoms with E-state index in [-0.39, 0.29) is 0 Å². The molecule has 0 aliphatic heterocycles. The third kappa shape index (κ3) is 3.62. The zero-order chi connectivity index (χ0) is 18.1. The Morgan fingerprint density at radius 2 is 2.08 bits per heavy atom. The Morgan fingerprint density at radius 3 is 2.92 bits per heavy atom. The van der Waals surface area contributed by atoms with Gasteiger partial charge in [-0.3, -0.25) is 0 Å². The Kier molecular flexibility index (Phi) is 5.22. The Hall–Kier alpha value is -1.54. The van der Waals surface area contributed by atoms with E-state index in [1.807, 2.05) is 47.1 Å². The van der Waals surface area contributed by atoms with E-state index in [1.54, 1.807) is 18.9 Å². The van der Waals surface area contributed by atoms with E-state index in [9.17, 15) is 0 Å². The second-order valence-electron chi connectivity index (χ2n) is 5.81. The van der Waals surface area contributed by atoms with Crippen LogP contribution in [0, 0.1) is 0 Å². The molecule has 0 aliphatic rings. The van der Waals surface area contributed by atoms with Gasteiger partial charge in [0.1, 0.15) is 5.65 Å². The van der Waals surface area contributed by atoms with Crippen molar-refractivity contribution in [2.75, 3.05) is 13.7 Å². The fraction of sp³-hybridized carbons (Fsp3) is 0.222. The zero-order valence-electron chi connectivity index (χ0n) is 14.0. The summed E-state index contributed by atoms with van der Waals surface area (Å²) >= 11 is 11.3. The molecule has 4 rings (SSSR count). The molecule has 0 unspecified atom stereocenters. The third-order valence-electron chi connectivity index (χ3n) is 4.01. The van der Waals surface area contributed by atoms with Gasteiger partial charge in [0, 0.05) is 41.3 Å². The number of benzene rings is 1. The minimum absolute atomic E-state index is 0.629. The fourth-order valence-corrected chi connectivity index (χ4v) is 4.26. The van der Waals surface area contributed by atoms with Gasteiger partial charge in [0.2, 0.25) is 0 Å². The fourth-order valence-electron chi connectivity index (χ4n) is 2.81. The number of halogens is 2. The molecule has 5 nitrogen and oxygen atoms in total. The highest BCUT2D eigenvalue weighted by atomic mass is 79.9. The number of pyridine rings is 1. The number of ether oxygens (including phenoxy) is 1. The maximum absolute atomic E-state index is 6.12. The van der Waals surface area contributed by atoms with Crippen LogP contribution in [0.3, 0.4) is 0 Å². The largest absolute Gasteiger partial charge is 0.383 e. The summed E-state index contributed by atoms with van der Waals surface area (Å²) in [6, 6.07) is 9.78. The first kappa shape index (κ1) is 17.9. The van der Waals surface area contributed by atoms with Crippen LogP contribution in [0.2, 0.25) is 5.02 Å². The normalized spacial score (nSPS) is 11.7. The summed E-state index contributed by atoms with van der Waals surface area (Å²) in [5.74, 6) is 0.739. The molecule has 0 atom stereocenters. The number of fused-ring (bicyclic) bond motifs is 2. The van der Waals surface area contributed by atoms with Crippen LogP contribution in [-0.2, 0) is 17.0 Å². The lowest BCUT2D eigenvalue weighted by atomic mass is 10.3. The summed E-state index contributed by atoms with van der Waals surface area (Å²) in [5.41, 5.74) is 3.91. The average molecular weight is 452 g/mol. The predicted molar refractivity (Wildman–Crippen MR) is 109 cm³/mol. The maximum atomic E-state index is 6.12. The third-order valence-corrected chi connectivity index (χ3v) is 5.72. The van der Waals surface area contributed by atoms with Gasteiger partial charge in [0.25, 0.3) is 0 Å². The van der Waals surface area contributed by atoms with E-state index >= 15 is 0 Å². The lowest BCUT2D eigenvalue weighted by molar-refractivity contribution is 0.186. The molecule has 0 bridgehead atoms. The van der Waals surface area contributed by atoms with Crippen molar-refractivity contribution >= 4 is 56.0 Å². The molecule has 0 saturated heterocycles. The Bertz CT molecular complexity index is 1080. The molecule has 0 aliphatic carbocycles. The Balaban J connectivity index is 1.62. The minimum atomic E-state index is 0.629. The quantitative estimate of drug-likeness (QED) is 0.385. The molecule has 1 aromatic carbocycles. The number of hydrogen-bond acceptors (Lipinski definition) is 4. The maximum Gasteiger partial charge on any atom is 0.169 e. The van der Waals surface area contributed by atoms with E-state index in [1.165, 1.54) is 0 Å². The van der Waals surface area contributed by atoms with Crippen molar-refractivity contribution in [3.05, 3.63) is 57.9 Å². The number of nitrogens with zero attached hydrogens (tertiary/aromatic N) is 4. The molecule has 0 N–H and O–H groups in total. The molecule has 26 heavy (non-hydrogen) atoms. The zero-order valence-corrected chi connectivity index (χ0v) is 17.2. The van der Waals surface area contributed by atoms with Gasteiger partial charge >= 0.3 is 0 Å². The summed E-state index contributed by atoms with van der Waals surface area (Å²) < 4.78 is 10.5. The van der Waals surface area contributed by atoms with Crippen molar-refractivity contribution < 1.29 is 4.74 Å². The van der Waals surface area contributed by atoms with Crippen LogP contribution in [0.1, 0.15) is 5.69 Å². The van der Waals surface area contributed by atoms with E-state index in [4.69, 9.17) is 21.3 Å². The summed E-state index contributed by atoms with van der Waals surface area (Å²) in [6.45, 7) is 1.37. The topological polar surface area (TPSA) is 44.4 Å². The number of imidazole rings is 2. The van der Waals surface area contributed by atoms with Crippen molar-refractivity contribution in [2.24, 2.45) is 0 Å². The van der Waals surface area contributed by atoms with E-state index < -0.39 is 0 Å². The van der Waals surface area contributed by atoms with Crippen molar-refractivity contribution in [1.82, 2.24) is 18.9 Å². The standard InChI is InChI=1S/C18H16BrClN4OS/c1-25-7-6-24-16-4-3-13(20)8-15(16)22-18(24)26-11-14-10-23-9-12(19)2-5-17(23)21-14/h2-5,8-10H,6-7,11H2,1H3. The van der Waals surface area contributed by atoms with Gasteiger partial charge in [-0.2, -0.15) is 0 Å². The van der Waals surface area contributed by atoms with E-state index in [2.05, 4.69) is 25.5 Å². The van der Waals surface area contributed by atoms with Gasteiger partial charge in [-0.15, -0.1) is 0 Å². The van der Waals surface area contributed by atoms with Crippen LogP contribution in [-0.4, -0.2) is 32.7 Å². The van der Waals surface area contributed by atoms with Crippen LogP contribution in [0.25, 0.3) is 16.7 Å². The van der Waals surface area contributed by atoms with Crippen molar-refractivity contribution in [1.29, 1.82) is 0 Å². The SMILES string of the molecule is COCCn1c(SCc2cn3cc(Br)ccc3n2)nc2cc(Cl)ccc21. The van der Waals surface area contributed by atoms with Gasteiger partial charge in [0.15, 0.2) is 5.16 Å². The van der Waals surface area contributed by atoms with Crippen molar-refractivity contribution in [2.45, 2.75) is 17.5 Å². The second kappa shape index (κ2) is 7.60. The van der Waals surface area contributed by atoms with Crippen LogP contribution in [0.5, 0.6) is 0 Å². The van der Waals surface area contributed by atoms with Crippen molar-refractivity contribution in [3.63, 3.8) is 0 Å². The number of hydrogen-bond donors (Lipinski definition) is 0. The number of rotatable bonds is 6. The molecule has 3 aromatic heterocycles. The summed E-state index contributed by atoms with van der Waals surface area (Å²) in [6.07, 6.45) is 4.05. The highest BCUT2D eigenvalue weighted by molar-refractivity contribution is 9.10. The van der Waals surface area contributed by atoms with Gasteiger partial charge in [-0.1, -0.05) is 23.4 Å². The molecule has 0 spiro atoms. The monoisotopic (exact) mass is 450 g/mol. The lowest BCUT2D eigenvalue weighted by Crippen LogP contribution is -2.05. The van der Waals surface area contributed by atoms with Crippen LogP contribution >= 0.6 is 39.3 Å². The molecule has 0 amide bonds. The van der Waals surface area contributed by atoms with Gasteiger partial charge in [-0.05, 0) is 46.3 Å². The Morgan fingerprint density at radius 1 is 1.19 bits per heavy atom. The van der Waals surface area contributed by atoms with E-state index in [0.29, 0.717) is 11.6 Å². The highest BCUT2D eigenvalue weighted by Gasteiger charge is 2.13. The van der Waals surface area contributed by atoms with Crippen LogP contribution in [0.4, 0.5) is 0 Å². The smallest absolute Gasteiger partial charge is 0.169 e. The molecular weight excluding hydrogens is 436 g/mol. The molecule has 8 heteroatoms. The van der Waals surface area contributed by atoms with Gasteiger partial charge < -0.3 is 13.7 Å². The number of thioether (sulfide) groups is 1. The average Bonchev–Trinajstić information content (AvgIpc) is 3.17. The predicted octanol–water partition coefficient (Wildman–Crippen LogP) is 5.04. The number of methoxy groups -OCH3 is 1. The lowest BCUT2D eigenvalue weighted by Gasteiger charge is -2.07. The van der Waals surface area contributed by atoms with Crippen molar-refractivity contribution in [3.8, 4) is 0 Å². The number of aromatic nitrogens is 4.